The Morgan fingerprint density at radius 2 is 1.80 bits per heavy atom. The van der Waals surface area contributed by atoms with Crippen molar-refractivity contribution in [3.05, 3.63) is 48.0 Å². The second kappa shape index (κ2) is 8.07. The number of hydrogen-bond donors (Lipinski definition) is 0. The van der Waals surface area contributed by atoms with E-state index in [1.165, 1.54) is 24.8 Å². The molecule has 0 bridgehead atoms. The van der Waals surface area contributed by atoms with Crippen LogP contribution in [0.15, 0.2) is 46.9 Å². The molecule has 0 aliphatic carbocycles. The number of hydrogen-bond acceptors (Lipinski definition) is 4. The number of rotatable bonds is 6. The van der Waals surface area contributed by atoms with E-state index in [9.17, 15) is 0 Å². The summed E-state index contributed by atoms with van der Waals surface area (Å²) in [6.45, 7) is 13.2. The highest BCUT2D eigenvalue weighted by atomic mass is 16.5. The molecule has 0 radical (unpaired) electrons. The van der Waals surface area contributed by atoms with E-state index in [4.69, 9.17) is 14.1 Å². The van der Waals surface area contributed by atoms with E-state index in [0.717, 1.165) is 35.4 Å². The molecule has 0 atom stereocenters. The molecule has 1 aromatic heterocycles. The van der Waals surface area contributed by atoms with E-state index in [0.29, 0.717) is 12.5 Å². The first-order valence-corrected chi connectivity index (χ1v) is 11.2. The minimum atomic E-state index is 0.211. The number of fused-ring (bicyclic) bond motifs is 1. The van der Waals surface area contributed by atoms with Gasteiger partial charge in [-0.3, -0.25) is 4.90 Å². The SMILES string of the molecule is CCc1ccc2oc(-c3cccc(OCCN4C(C)(C)CCCC4(C)C)c3)nc2c1. The lowest BCUT2D eigenvalue weighted by Crippen LogP contribution is -2.59. The molecule has 0 saturated carbocycles. The first-order chi connectivity index (χ1) is 14.3. The van der Waals surface area contributed by atoms with E-state index < -0.39 is 0 Å². The molecule has 30 heavy (non-hydrogen) atoms. The molecule has 2 aromatic carbocycles. The minimum Gasteiger partial charge on any atom is -0.492 e. The summed E-state index contributed by atoms with van der Waals surface area (Å²) in [7, 11) is 0. The monoisotopic (exact) mass is 406 g/mol. The van der Waals surface area contributed by atoms with E-state index in [-0.39, 0.29) is 11.1 Å². The van der Waals surface area contributed by atoms with Crippen LogP contribution in [-0.2, 0) is 6.42 Å². The third kappa shape index (κ3) is 4.24. The van der Waals surface area contributed by atoms with Crippen molar-refractivity contribution in [1.82, 2.24) is 9.88 Å². The van der Waals surface area contributed by atoms with Crippen LogP contribution in [-0.4, -0.2) is 34.1 Å². The van der Waals surface area contributed by atoms with E-state index in [1.807, 2.05) is 30.3 Å². The average Bonchev–Trinajstić information content (AvgIpc) is 3.13. The molecule has 1 fully saturated rings. The fraction of sp³-hybridized carbons (Fsp3) is 0.500. The van der Waals surface area contributed by atoms with Crippen molar-refractivity contribution in [1.29, 1.82) is 0 Å². The Bertz CT molecular complexity index is 1000. The molecule has 160 valence electrons. The Hall–Kier alpha value is -2.33. The number of aromatic nitrogens is 1. The number of oxazole rings is 1. The maximum absolute atomic E-state index is 6.16. The lowest BCUT2D eigenvalue weighted by Gasteiger charge is -2.53. The molecule has 4 heteroatoms. The van der Waals surface area contributed by atoms with Crippen LogP contribution in [0.3, 0.4) is 0 Å². The topological polar surface area (TPSA) is 38.5 Å². The zero-order valence-corrected chi connectivity index (χ0v) is 19.0. The van der Waals surface area contributed by atoms with Crippen molar-refractivity contribution < 1.29 is 9.15 Å². The summed E-state index contributed by atoms with van der Waals surface area (Å²) in [4.78, 5) is 7.30. The van der Waals surface area contributed by atoms with Gasteiger partial charge in [0.15, 0.2) is 5.58 Å². The van der Waals surface area contributed by atoms with Gasteiger partial charge in [-0.15, -0.1) is 0 Å². The second-order valence-electron chi connectivity index (χ2n) is 9.68. The highest BCUT2D eigenvalue weighted by molar-refractivity contribution is 5.77. The number of piperidine rings is 1. The first kappa shape index (κ1) is 20.9. The molecular weight excluding hydrogens is 372 g/mol. The Labute approximate surface area is 180 Å². The molecule has 1 aliphatic heterocycles. The third-order valence-electron chi connectivity index (χ3n) is 6.56. The van der Waals surface area contributed by atoms with Gasteiger partial charge in [0.2, 0.25) is 5.89 Å². The predicted molar refractivity (Wildman–Crippen MR) is 123 cm³/mol. The number of ether oxygens (including phenoxy) is 1. The van der Waals surface area contributed by atoms with Gasteiger partial charge in [0.05, 0.1) is 0 Å². The summed E-state index contributed by atoms with van der Waals surface area (Å²) in [6.07, 6.45) is 4.77. The van der Waals surface area contributed by atoms with Crippen molar-refractivity contribution in [2.75, 3.05) is 13.2 Å². The summed E-state index contributed by atoms with van der Waals surface area (Å²) in [5.41, 5.74) is 4.36. The highest BCUT2D eigenvalue weighted by Crippen LogP contribution is 2.37. The van der Waals surface area contributed by atoms with Gasteiger partial charge in [-0.05, 0) is 89.3 Å². The van der Waals surface area contributed by atoms with Gasteiger partial charge in [-0.1, -0.05) is 19.1 Å². The smallest absolute Gasteiger partial charge is 0.227 e. The van der Waals surface area contributed by atoms with Crippen molar-refractivity contribution >= 4 is 11.1 Å². The number of likely N-dealkylation sites (tertiary alicyclic amines) is 1. The predicted octanol–water partition coefficient (Wildman–Crippen LogP) is 6.48. The van der Waals surface area contributed by atoms with Gasteiger partial charge in [0, 0.05) is 23.2 Å². The molecule has 0 amide bonds. The van der Waals surface area contributed by atoms with Crippen LogP contribution in [0.1, 0.15) is 59.4 Å². The standard InChI is InChI=1S/C26H34N2O2/c1-6-19-11-12-23-22(17-19)27-24(30-23)20-9-7-10-21(18-20)29-16-15-28-25(2,3)13-8-14-26(28,4)5/h7,9-12,17-18H,6,8,13-16H2,1-5H3. The van der Waals surface area contributed by atoms with Crippen molar-refractivity contribution in [2.24, 2.45) is 0 Å². The maximum Gasteiger partial charge on any atom is 0.227 e. The van der Waals surface area contributed by atoms with Crippen LogP contribution >= 0.6 is 0 Å². The van der Waals surface area contributed by atoms with Gasteiger partial charge in [-0.2, -0.15) is 0 Å². The molecule has 1 saturated heterocycles. The Balaban J connectivity index is 1.46. The van der Waals surface area contributed by atoms with E-state index in [2.05, 4.69) is 51.7 Å². The summed E-state index contributed by atoms with van der Waals surface area (Å²) < 4.78 is 12.1. The largest absolute Gasteiger partial charge is 0.492 e. The zero-order chi connectivity index (χ0) is 21.4. The fourth-order valence-corrected chi connectivity index (χ4v) is 4.94. The van der Waals surface area contributed by atoms with Gasteiger partial charge in [0.25, 0.3) is 0 Å². The van der Waals surface area contributed by atoms with Gasteiger partial charge >= 0.3 is 0 Å². The molecule has 4 rings (SSSR count). The summed E-state index contributed by atoms with van der Waals surface area (Å²) in [5, 5.41) is 0. The van der Waals surface area contributed by atoms with Gasteiger partial charge in [-0.25, -0.2) is 4.98 Å². The van der Waals surface area contributed by atoms with Gasteiger partial charge in [0.1, 0.15) is 17.9 Å². The Kier molecular flexibility index (Phi) is 5.63. The summed E-state index contributed by atoms with van der Waals surface area (Å²) in [6, 6.07) is 14.3. The maximum atomic E-state index is 6.16. The molecule has 3 aromatic rings. The molecule has 1 aliphatic rings. The molecule has 2 heterocycles. The number of nitrogens with zero attached hydrogens (tertiary/aromatic N) is 2. The second-order valence-corrected chi connectivity index (χ2v) is 9.68. The Morgan fingerprint density at radius 1 is 1.03 bits per heavy atom. The van der Waals surface area contributed by atoms with E-state index >= 15 is 0 Å². The zero-order valence-electron chi connectivity index (χ0n) is 19.0. The molecule has 4 nitrogen and oxygen atoms in total. The highest BCUT2D eigenvalue weighted by Gasteiger charge is 2.40. The first-order valence-electron chi connectivity index (χ1n) is 11.2. The van der Waals surface area contributed by atoms with Gasteiger partial charge < -0.3 is 9.15 Å². The number of aryl methyl sites for hydroxylation is 1. The third-order valence-corrected chi connectivity index (χ3v) is 6.56. The summed E-state index contributed by atoms with van der Waals surface area (Å²) in [5.74, 6) is 1.50. The Morgan fingerprint density at radius 3 is 2.53 bits per heavy atom. The number of benzene rings is 2. The van der Waals surface area contributed by atoms with Crippen molar-refractivity contribution in [3.63, 3.8) is 0 Å². The quantitative estimate of drug-likeness (QED) is 0.470. The lowest BCUT2D eigenvalue weighted by atomic mass is 9.80. The van der Waals surface area contributed by atoms with Crippen LogP contribution in [0.25, 0.3) is 22.6 Å². The lowest BCUT2D eigenvalue weighted by molar-refractivity contribution is -0.0340. The molecule has 0 N–H and O–H groups in total. The minimum absolute atomic E-state index is 0.211. The van der Waals surface area contributed by atoms with Crippen LogP contribution in [0.5, 0.6) is 5.75 Å². The van der Waals surface area contributed by atoms with Crippen LogP contribution in [0.4, 0.5) is 0 Å². The normalized spacial score (nSPS) is 18.6. The van der Waals surface area contributed by atoms with Crippen molar-refractivity contribution in [3.8, 4) is 17.2 Å². The molecular formula is C26H34N2O2. The van der Waals surface area contributed by atoms with Crippen molar-refractivity contribution in [2.45, 2.75) is 71.4 Å². The molecule has 0 unspecified atom stereocenters. The van der Waals surface area contributed by atoms with Crippen LogP contribution < -0.4 is 4.74 Å². The summed E-state index contributed by atoms with van der Waals surface area (Å²) >= 11 is 0. The molecule has 0 spiro atoms. The van der Waals surface area contributed by atoms with Crippen LogP contribution in [0.2, 0.25) is 0 Å². The average molecular weight is 407 g/mol. The van der Waals surface area contributed by atoms with Crippen LogP contribution in [0, 0.1) is 0 Å². The fourth-order valence-electron chi connectivity index (χ4n) is 4.94. The van der Waals surface area contributed by atoms with E-state index in [1.54, 1.807) is 0 Å².